The number of nitrogens with one attached hydrogen (secondary N) is 1. The van der Waals surface area contributed by atoms with Crippen LogP contribution in [0.3, 0.4) is 0 Å². The summed E-state index contributed by atoms with van der Waals surface area (Å²) in [4.78, 5) is 0. The molecule has 0 spiro atoms. The highest BCUT2D eigenvalue weighted by Crippen LogP contribution is 2.24. The van der Waals surface area contributed by atoms with E-state index in [-0.39, 0.29) is 0 Å². The van der Waals surface area contributed by atoms with Crippen LogP contribution in [-0.4, -0.2) is 38.5 Å². The molecule has 3 atom stereocenters. The second kappa shape index (κ2) is 8.06. The van der Waals surface area contributed by atoms with Crippen molar-refractivity contribution in [3.63, 3.8) is 0 Å². The number of rotatable bonds is 7. The lowest BCUT2D eigenvalue weighted by Gasteiger charge is -2.37. The van der Waals surface area contributed by atoms with E-state index in [2.05, 4.69) is 33.0 Å². The second-order valence-corrected chi connectivity index (χ2v) is 5.22. The number of hydrogen-bond donors (Lipinski definition) is 1. The molecule has 0 bridgehead atoms. The van der Waals surface area contributed by atoms with E-state index in [0.29, 0.717) is 24.0 Å². The van der Waals surface area contributed by atoms with Gasteiger partial charge in [-0.25, -0.2) is 0 Å². The van der Waals surface area contributed by atoms with Crippen molar-refractivity contribution in [3.8, 4) is 0 Å². The van der Waals surface area contributed by atoms with E-state index in [1.807, 2.05) is 0 Å². The van der Waals surface area contributed by atoms with Gasteiger partial charge in [0.05, 0.1) is 12.7 Å². The predicted octanol–water partition coefficient (Wildman–Crippen LogP) is 2.45. The zero-order valence-corrected chi connectivity index (χ0v) is 11.9. The van der Waals surface area contributed by atoms with Crippen molar-refractivity contribution in [1.29, 1.82) is 0 Å². The monoisotopic (exact) mass is 243 g/mol. The van der Waals surface area contributed by atoms with Crippen molar-refractivity contribution in [2.75, 3.05) is 26.4 Å². The zero-order valence-electron chi connectivity index (χ0n) is 11.9. The molecule has 102 valence electrons. The van der Waals surface area contributed by atoms with E-state index in [1.54, 1.807) is 0 Å². The second-order valence-electron chi connectivity index (χ2n) is 5.22. The molecule has 1 fully saturated rings. The molecule has 3 heteroatoms. The molecule has 0 aliphatic carbocycles. The molecule has 1 saturated heterocycles. The fourth-order valence-corrected chi connectivity index (χ4v) is 2.74. The van der Waals surface area contributed by atoms with Crippen molar-refractivity contribution >= 4 is 0 Å². The van der Waals surface area contributed by atoms with Crippen molar-refractivity contribution in [2.45, 2.75) is 52.7 Å². The Kier molecular flexibility index (Phi) is 7.09. The van der Waals surface area contributed by atoms with E-state index < -0.39 is 0 Å². The van der Waals surface area contributed by atoms with Crippen molar-refractivity contribution in [1.82, 2.24) is 5.32 Å². The van der Waals surface area contributed by atoms with Crippen molar-refractivity contribution < 1.29 is 9.47 Å². The van der Waals surface area contributed by atoms with Crippen LogP contribution in [-0.2, 0) is 9.47 Å². The fourth-order valence-electron chi connectivity index (χ4n) is 2.74. The summed E-state index contributed by atoms with van der Waals surface area (Å²) >= 11 is 0. The minimum Gasteiger partial charge on any atom is -0.381 e. The molecule has 0 aromatic heterocycles. The smallest absolute Gasteiger partial charge is 0.0754 e. The van der Waals surface area contributed by atoms with E-state index in [4.69, 9.17) is 9.47 Å². The first-order chi connectivity index (χ1) is 8.20. The molecule has 17 heavy (non-hydrogen) atoms. The quantitative estimate of drug-likeness (QED) is 0.745. The molecule has 1 heterocycles. The summed E-state index contributed by atoms with van der Waals surface area (Å²) in [5, 5.41) is 3.61. The molecule has 0 amide bonds. The lowest BCUT2D eigenvalue weighted by molar-refractivity contribution is -0.0411. The molecule has 3 unspecified atom stereocenters. The molecule has 1 aliphatic rings. The summed E-state index contributed by atoms with van der Waals surface area (Å²) in [6.07, 6.45) is 2.74. The molecule has 0 radical (unpaired) electrons. The average Bonchev–Trinajstić information content (AvgIpc) is 2.34. The van der Waals surface area contributed by atoms with Crippen LogP contribution in [0.2, 0.25) is 0 Å². The van der Waals surface area contributed by atoms with Gasteiger partial charge < -0.3 is 14.8 Å². The van der Waals surface area contributed by atoms with Gasteiger partial charge in [0.2, 0.25) is 0 Å². The molecular weight excluding hydrogens is 214 g/mol. The molecular formula is C14H29NO2. The Morgan fingerprint density at radius 3 is 2.59 bits per heavy atom. The van der Waals surface area contributed by atoms with Gasteiger partial charge in [0.1, 0.15) is 0 Å². The SMILES string of the molecule is CCNC(C1CCCOC1)C(OCC)C(C)C. The van der Waals surface area contributed by atoms with Crippen LogP contribution < -0.4 is 5.32 Å². The van der Waals surface area contributed by atoms with E-state index >= 15 is 0 Å². The minimum absolute atomic E-state index is 0.298. The third-order valence-corrected chi connectivity index (χ3v) is 3.51. The van der Waals surface area contributed by atoms with Crippen molar-refractivity contribution in [2.24, 2.45) is 11.8 Å². The number of hydrogen-bond acceptors (Lipinski definition) is 3. The summed E-state index contributed by atoms with van der Waals surface area (Å²) in [5.41, 5.74) is 0. The van der Waals surface area contributed by atoms with Gasteiger partial charge in [-0.2, -0.15) is 0 Å². The summed E-state index contributed by atoms with van der Waals surface area (Å²) in [6.45, 7) is 12.3. The normalized spacial score (nSPS) is 24.9. The Morgan fingerprint density at radius 2 is 2.12 bits per heavy atom. The van der Waals surface area contributed by atoms with Gasteiger partial charge in [0.25, 0.3) is 0 Å². The van der Waals surface area contributed by atoms with Crippen LogP contribution in [0.4, 0.5) is 0 Å². The largest absolute Gasteiger partial charge is 0.381 e. The Morgan fingerprint density at radius 1 is 1.35 bits per heavy atom. The maximum Gasteiger partial charge on any atom is 0.0754 e. The van der Waals surface area contributed by atoms with Crippen LogP contribution in [0.15, 0.2) is 0 Å². The van der Waals surface area contributed by atoms with E-state index in [9.17, 15) is 0 Å². The first kappa shape index (κ1) is 14.9. The molecule has 1 rings (SSSR count). The molecule has 1 N–H and O–H groups in total. The Balaban J connectivity index is 2.65. The standard InChI is InChI=1S/C14H29NO2/c1-5-15-13(12-8-7-9-16-10-12)14(11(3)4)17-6-2/h11-15H,5-10H2,1-4H3. The van der Waals surface area contributed by atoms with Gasteiger partial charge in [-0.3, -0.25) is 0 Å². The van der Waals surface area contributed by atoms with Crippen molar-refractivity contribution in [3.05, 3.63) is 0 Å². The Hall–Kier alpha value is -0.120. The molecule has 0 aromatic carbocycles. The molecule has 1 aliphatic heterocycles. The van der Waals surface area contributed by atoms with Gasteiger partial charge in [-0.15, -0.1) is 0 Å². The first-order valence-corrected chi connectivity index (χ1v) is 7.13. The maximum atomic E-state index is 5.95. The molecule has 0 saturated carbocycles. The maximum absolute atomic E-state index is 5.95. The summed E-state index contributed by atoms with van der Waals surface area (Å²) in [5.74, 6) is 1.14. The van der Waals surface area contributed by atoms with Gasteiger partial charge >= 0.3 is 0 Å². The topological polar surface area (TPSA) is 30.5 Å². The Labute approximate surface area is 106 Å². The lowest BCUT2D eigenvalue weighted by Crippen LogP contribution is -2.51. The highest BCUT2D eigenvalue weighted by Gasteiger charge is 2.32. The summed E-state index contributed by atoms with van der Waals surface area (Å²) < 4.78 is 11.6. The Bertz CT molecular complexity index is 191. The van der Waals surface area contributed by atoms with Gasteiger partial charge in [0.15, 0.2) is 0 Å². The van der Waals surface area contributed by atoms with E-state index in [1.165, 1.54) is 12.8 Å². The third kappa shape index (κ3) is 4.57. The first-order valence-electron chi connectivity index (χ1n) is 7.13. The van der Waals surface area contributed by atoms with Crippen LogP contribution in [0, 0.1) is 11.8 Å². The van der Waals surface area contributed by atoms with Crippen LogP contribution in [0.5, 0.6) is 0 Å². The zero-order chi connectivity index (χ0) is 12.7. The fraction of sp³-hybridized carbons (Fsp3) is 1.00. The highest BCUT2D eigenvalue weighted by atomic mass is 16.5. The average molecular weight is 243 g/mol. The number of ether oxygens (including phenoxy) is 2. The molecule has 0 aromatic rings. The van der Waals surface area contributed by atoms with Crippen LogP contribution in [0.25, 0.3) is 0 Å². The third-order valence-electron chi connectivity index (χ3n) is 3.51. The van der Waals surface area contributed by atoms with Gasteiger partial charge in [0, 0.05) is 25.2 Å². The van der Waals surface area contributed by atoms with Crippen LogP contribution in [0.1, 0.15) is 40.5 Å². The van der Waals surface area contributed by atoms with Crippen LogP contribution >= 0.6 is 0 Å². The molecule has 3 nitrogen and oxygen atoms in total. The highest BCUT2D eigenvalue weighted by molar-refractivity contribution is 4.86. The number of likely N-dealkylation sites (N-methyl/N-ethyl adjacent to an activating group) is 1. The lowest BCUT2D eigenvalue weighted by atomic mass is 9.85. The minimum atomic E-state index is 0.298. The summed E-state index contributed by atoms with van der Waals surface area (Å²) in [6, 6.07) is 0.431. The van der Waals surface area contributed by atoms with Gasteiger partial charge in [-0.05, 0) is 32.2 Å². The van der Waals surface area contributed by atoms with Gasteiger partial charge in [-0.1, -0.05) is 20.8 Å². The van der Waals surface area contributed by atoms with E-state index in [0.717, 1.165) is 26.4 Å². The predicted molar refractivity (Wildman–Crippen MR) is 71.3 cm³/mol. The summed E-state index contributed by atoms with van der Waals surface area (Å²) in [7, 11) is 0.